The molecule has 0 saturated carbocycles. The van der Waals surface area contributed by atoms with E-state index in [1.54, 1.807) is 12.1 Å². The molecule has 1 aromatic heterocycles. The second kappa shape index (κ2) is 6.37. The largest absolute Gasteiger partial charge is 0.494 e. The normalized spacial score (nSPS) is 11.2. The summed E-state index contributed by atoms with van der Waals surface area (Å²) in [7, 11) is 0. The van der Waals surface area contributed by atoms with Crippen LogP contribution in [0.1, 0.15) is 12.6 Å². The van der Waals surface area contributed by atoms with Crippen LogP contribution in [0.3, 0.4) is 0 Å². The zero-order valence-corrected chi connectivity index (χ0v) is 10.9. The molecule has 0 fully saturated rings. The van der Waals surface area contributed by atoms with Gasteiger partial charge >= 0.3 is 0 Å². The van der Waals surface area contributed by atoms with Crippen molar-refractivity contribution in [3.05, 3.63) is 42.4 Å². The van der Waals surface area contributed by atoms with Crippen LogP contribution in [-0.2, 0) is 0 Å². The molecule has 7 nitrogen and oxygen atoms in total. The van der Waals surface area contributed by atoms with E-state index >= 15 is 0 Å². The number of nitrogens with two attached hydrogens (primary N) is 1. The quantitative estimate of drug-likeness (QED) is 0.373. The van der Waals surface area contributed by atoms with Gasteiger partial charge in [-0.3, -0.25) is 0 Å². The van der Waals surface area contributed by atoms with Gasteiger partial charge < -0.3 is 20.4 Å². The van der Waals surface area contributed by atoms with Gasteiger partial charge in [-0.15, -0.1) is 0 Å². The molecule has 104 valence electrons. The van der Waals surface area contributed by atoms with Crippen LogP contribution in [-0.4, -0.2) is 27.6 Å². The third-order valence-corrected chi connectivity index (χ3v) is 2.34. The summed E-state index contributed by atoms with van der Waals surface area (Å²) in [5.74, 6) is 1.49. The summed E-state index contributed by atoms with van der Waals surface area (Å²) in [4.78, 5) is 7.99. The van der Waals surface area contributed by atoms with E-state index in [-0.39, 0.29) is 11.5 Å². The van der Waals surface area contributed by atoms with Gasteiger partial charge in [-0.05, 0) is 19.1 Å². The molecule has 7 heteroatoms. The van der Waals surface area contributed by atoms with Gasteiger partial charge in [0.2, 0.25) is 5.88 Å². The second-order valence-corrected chi connectivity index (χ2v) is 3.74. The van der Waals surface area contributed by atoms with Crippen molar-refractivity contribution in [2.75, 3.05) is 6.61 Å². The number of benzene rings is 1. The van der Waals surface area contributed by atoms with E-state index in [1.165, 1.54) is 12.4 Å². The van der Waals surface area contributed by atoms with Crippen molar-refractivity contribution in [1.29, 1.82) is 0 Å². The third kappa shape index (κ3) is 3.35. The highest BCUT2D eigenvalue weighted by atomic mass is 16.5. The topological polar surface area (TPSA) is 103 Å². The molecule has 0 amide bonds. The lowest BCUT2D eigenvalue weighted by molar-refractivity contribution is 0.318. The van der Waals surface area contributed by atoms with E-state index in [0.717, 1.165) is 0 Å². The second-order valence-electron chi connectivity index (χ2n) is 3.74. The Hall–Kier alpha value is -2.83. The van der Waals surface area contributed by atoms with Crippen molar-refractivity contribution in [1.82, 2.24) is 9.97 Å². The molecule has 20 heavy (non-hydrogen) atoms. The molecular formula is C13H14N4O3. The predicted molar refractivity (Wildman–Crippen MR) is 72.2 cm³/mol. The maximum absolute atomic E-state index is 8.52. The zero-order valence-electron chi connectivity index (χ0n) is 10.9. The van der Waals surface area contributed by atoms with Gasteiger partial charge in [0, 0.05) is 6.07 Å². The Morgan fingerprint density at radius 3 is 2.75 bits per heavy atom. The Labute approximate surface area is 115 Å². The number of aromatic nitrogens is 2. The van der Waals surface area contributed by atoms with Crippen LogP contribution >= 0.6 is 0 Å². The lowest BCUT2D eigenvalue weighted by Gasteiger charge is -2.07. The zero-order chi connectivity index (χ0) is 14.4. The first-order valence-corrected chi connectivity index (χ1v) is 5.93. The van der Waals surface area contributed by atoms with E-state index in [2.05, 4.69) is 15.1 Å². The monoisotopic (exact) mass is 274 g/mol. The first-order chi connectivity index (χ1) is 9.72. The SMILES string of the molecule is CCOc1cccc(Oc2cnc(C(N)=NO)cn2)c1. The minimum absolute atomic E-state index is 0.109. The number of nitrogens with zero attached hydrogens (tertiary/aromatic N) is 3. The predicted octanol–water partition coefficient (Wildman–Crippen LogP) is 1.76. The van der Waals surface area contributed by atoms with Crippen molar-refractivity contribution >= 4 is 5.84 Å². The third-order valence-electron chi connectivity index (χ3n) is 2.34. The molecular weight excluding hydrogens is 260 g/mol. The van der Waals surface area contributed by atoms with Crippen LogP contribution in [0.5, 0.6) is 17.4 Å². The number of rotatable bonds is 5. The molecule has 3 N–H and O–H groups in total. The number of oxime groups is 1. The van der Waals surface area contributed by atoms with E-state index in [9.17, 15) is 0 Å². The smallest absolute Gasteiger partial charge is 0.237 e. The molecule has 0 aliphatic carbocycles. The summed E-state index contributed by atoms with van der Waals surface area (Å²) in [5.41, 5.74) is 5.66. The number of hydrogen-bond donors (Lipinski definition) is 2. The highest BCUT2D eigenvalue weighted by Crippen LogP contribution is 2.23. The standard InChI is InChI=1S/C13H14N4O3/c1-2-19-9-4-3-5-10(6-9)20-12-8-15-11(7-16-12)13(14)17-18/h3-8,18H,2H2,1H3,(H2,14,17). The van der Waals surface area contributed by atoms with Crippen LogP contribution in [0.2, 0.25) is 0 Å². The Morgan fingerprint density at radius 1 is 1.30 bits per heavy atom. The van der Waals surface area contributed by atoms with Crippen LogP contribution in [0.4, 0.5) is 0 Å². The summed E-state index contributed by atoms with van der Waals surface area (Å²) in [5, 5.41) is 11.4. The van der Waals surface area contributed by atoms with E-state index in [1.807, 2.05) is 19.1 Å². The molecule has 1 aromatic carbocycles. The first-order valence-electron chi connectivity index (χ1n) is 5.93. The van der Waals surface area contributed by atoms with Crippen molar-refractivity contribution in [2.45, 2.75) is 6.92 Å². The van der Waals surface area contributed by atoms with Gasteiger partial charge in [-0.25, -0.2) is 9.97 Å². The molecule has 2 rings (SSSR count). The highest BCUT2D eigenvalue weighted by molar-refractivity contribution is 5.94. The Morgan fingerprint density at radius 2 is 2.10 bits per heavy atom. The summed E-state index contributed by atoms with van der Waals surface area (Å²) >= 11 is 0. The lowest BCUT2D eigenvalue weighted by atomic mass is 10.3. The summed E-state index contributed by atoms with van der Waals surface area (Å²) in [6.07, 6.45) is 2.75. The molecule has 0 saturated heterocycles. The fourth-order valence-corrected chi connectivity index (χ4v) is 1.47. The lowest BCUT2D eigenvalue weighted by Crippen LogP contribution is -2.15. The maximum Gasteiger partial charge on any atom is 0.237 e. The molecule has 2 aromatic rings. The number of amidine groups is 1. The summed E-state index contributed by atoms with van der Waals surface area (Å²) in [6.45, 7) is 2.49. The van der Waals surface area contributed by atoms with Gasteiger partial charge in [0.05, 0.1) is 19.0 Å². The summed E-state index contributed by atoms with van der Waals surface area (Å²) in [6, 6.07) is 7.19. The van der Waals surface area contributed by atoms with Gasteiger partial charge in [0.1, 0.15) is 17.2 Å². The van der Waals surface area contributed by atoms with Crippen molar-refractivity contribution in [3.8, 4) is 17.4 Å². The first kappa shape index (κ1) is 13.6. The highest BCUT2D eigenvalue weighted by Gasteiger charge is 2.04. The average molecular weight is 274 g/mol. The van der Waals surface area contributed by atoms with Crippen LogP contribution in [0.25, 0.3) is 0 Å². The Balaban J connectivity index is 2.12. The van der Waals surface area contributed by atoms with Crippen molar-refractivity contribution < 1.29 is 14.7 Å². The van der Waals surface area contributed by atoms with Crippen LogP contribution < -0.4 is 15.2 Å². The molecule has 0 atom stereocenters. The maximum atomic E-state index is 8.52. The minimum atomic E-state index is -0.109. The van der Waals surface area contributed by atoms with Gasteiger partial charge in [0.15, 0.2) is 5.84 Å². The number of hydrogen-bond acceptors (Lipinski definition) is 6. The fraction of sp³-hybridized carbons (Fsp3) is 0.154. The van der Waals surface area contributed by atoms with Crippen molar-refractivity contribution in [2.24, 2.45) is 10.9 Å². The van der Waals surface area contributed by atoms with E-state index in [0.29, 0.717) is 24.0 Å². The number of ether oxygens (including phenoxy) is 2. The minimum Gasteiger partial charge on any atom is -0.494 e. The fourth-order valence-electron chi connectivity index (χ4n) is 1.47. The summed E-state index contributed by atoms with van der Waals surface area (Å²) < 4.78 is 10.9. The molecule has 0 aliphatic heterocycles. The molecule has 0 bridgehead atoms. The molecule has 0 radical (unpaired) electrons. The van der Waals surface area contributed by atoms with Gasteiger partial charge in [-0.2, -0.15) is 0 Å². The molecule has 1 heterocycles. The van der Waals surface area contributed by atoms with Gasteiger partial charge in [-0.1, -0.05) is 11.2 Å². The molecule has 0 aliphatic rings. The van der Waals surface area contributed by atoms with Crippen LogP contribution in [0, 0.1) is 0 Å². The van der Waals surface area contributed by atoms with Gasteiger partial charge in [0.25, 0.3) is 0 Å². The van der Waals surface area contributed by atoms with Crippen molar-refractivity contribution in [3.63, 3.8) is 0 Å². The Kier molecular flexibility index (Phi) is 4.33. The van der Waals surface area contributed by atoms with Crippen LogP contribution in [0.15, 0.2) is 41.8 Å². The van der Waals surface area contributed by atoms with E-state index < -0.39 is 0 Å². The molecule has 0 unspecified atom stereocenters. The molecule has 0 spiro atoms. The van der Waals surface area contributed by atoms with E-state index in [4.69, 9.17) is 20.4 Å². The Bertz CT molecular complexity index is 599. The average Bonchev–Trinajstić information content (AvgIpc) is 2.48.